The van der Waals surface area contributed by atoms with Crippen LogP contribution < -0.4 is 5.73 Å². The van der Waals surface area contributed by atoms with Crippen molar-refractivity contribution in [1.82, 2.24) is 4.90 Å². The number of hydrogen-bond acceptors (Lipinski definition) is 2. The highest BCUT2D eigenvalue weighted by Gasteiger charge is 2.20. The third-order valence-corrected chi connectivity index (χ3v) is 2.87. The van der Waals surface area contributed by atoms with Crippen LogP contribution in [0.5, 0.6) is 0 Å². The van der Waals surface area contributed by atoms with Crippen LogP contribution in [0.1, 0.15) is 12.8 Å². The molecule has 2 unspecified atom stereocenters. The third kappa shape index (κ3) is 2.42. The Bertz CT molecular complexity index is 220. The Labute approximate surface area is 80.1 Å². The van der Waals surface area contributed by atoms with Crippen molar-refractivity contribution in [1.29, 1.82) is 0 Å². The maximum atomic E-state index is 5.86. The van der Waals surface area contributed by atoms with E-state index in [0.717, 1.165) is 12.5 Å². The fourth-order valence-electron chi connectivity index (χ4n) is 2.13. The van der Waals surface area contributed by atoms with Crippen molar-refractivity contribution in [3.05, 3.63) is 24.3 Å². The van der Waals surface area contributed by atoms with E-state index in [1.54, 1.807) is 0 Å². The summed E-state index contributed by atoms with van der Waals surface area (Å²) in [5.41, 5.74) is 5.86. The van der Waals surface area contributed by atoms with Gasteiger partial charge in [0.15, 0.2) is 0 Å². The van der Waals surface area contributed by atoms with Gasteiger partial charge in [-0.2, -0.15) is 0 Å². The summed E-state index contributed by atoms with van der Waals surface area (Å²) in [6.45, 7) is 3.47. The maximum Gasteiger partial charge on any atom is 0.0180 e. The first-order valence-electron chi connectivity index (χ1n) is 5.16. The largest absolute Gasteiger partial charge is 0.326 e. The van der Waals surface area contributed by atoms with E-state index in [-0.39, 0.29) is 0 Å². The van der Waals surface area contributed by atoms with Crippen molar-refractivity contribution in [2.24, 2.45) is 11.7 Å². The molecule has 0 aromatic rings. The fraction of sp³-hybridized carbons (Fsp3) is 0.636. The predicted molar refractivity (Wildman–Crippen MR) is 55.4 cm³/mol. The highest BCUT2D eigenvalue weighted by atomic mass is 15.2. The summed E-state index contributed by atoms with van der Waals surface area (Å²) in [4.78, 5) is 2.48. The number of nitrogens with two attached hydrogens (primary N) is 1. The van der Waals surface area contributed by atoms with E-state index < -0.39 is 0 Å². The predicted octanol–water partition coefficient (Wildman–Crippen LogP) is 1.15. The molecule has 2 nitrogen and oxygen atoms in total. The van der Waals surface area contributed by atoms with Crippen molar-refractivity contribution < 1.29 is 0 Å². The molecule has 0 aromatic heterocycles. The average Bonchev–Trinajstić information content (AvgIpc) is 2.53. The van der Waals surface area contributed by atoms with Crippen LogP contribution in [0.25, 0.3) is 0 Å². The van der Waals surface area contributed by atoms with E-state index in [1.807, 2.05) is 0 Å². The van der Waals surface area contributed by atoms with Gasteiger partial charge in [0.05, 0.1) is 0 Å². The number of allylic oxidation sites excluding steroid dienone is 3. The van der Waals surface area contributed by atoms with Crippen molar-refractivity contribution in [2.45, 2.75) is 18.9 Å². The average molecular weight is 178 g/mol. The van der Waals surface area contributed by atoms with E-state index in [2.05, 4.69) is 29.2 Å². The van der Waals surface area contributed by atoms with Crippen molar-refractivity contribution >= 4 is 0 Å². The molecule has 1 fully saturated rings. The second kappa shape index (κ2) is 4.07. The molecule has 0 bridgehead atoms. The van der Waals surface area contributed by atoms with Crippen LogP contribution >= 0.6 is 0 Å². The SMILES string of the molecule is NC1CCN(CC2C=CC=CC2)C1. The topological polar surface area (TPSA) is 29.3 Å². The lowest BCUT2D eigenvalue weighted by molar-refractivity contribution is 0.299. The zero-order valence-corrected chi connectivity index (χ0v) is 8.02. The molecule has 0 saturated carbocycles. The molecule has 0 spiro atoms. The minimum atomic E-state index is 0.420. The van der Waals surface area contributed by atoms with Crippen LogP contribution in [0.4, 0.5) is 0 Å². The standard InChI is InChI=1S/C11H18N2/c12-11-6-7-13(9-11)8-10-4-2-1-3-5-10/h1-4,10-11H,5-9,12H2. The van der Waals surface area contributed by atoms with E-state index in [0.29, 0.717) is 6.04 Å². The monoisotopic (exact) mass is 178 g/mol. The molecule has 1 aliphatic carbocycles. The van der Waals surface area contributed by atoms with Gasteiger partial charge in [0.25, 0.3) is 0 Å². The molecule has 2 heteroatoms. The number of likely N-dealkylation sites (tertiary alicyclic amines) is 1. The minimum absolute atomic E-state index is 0.420. The molecule has 2 rings (SSSR count). The Morgan fingerprint density at radius 3 is 2.92 bits per heavy atom. The summed E-state index contributed by atoms with van der Waals surface area (Å²) in [6.07, 6.45) is 11.2. The summed E-state index contributed by atoms with van der Waals surface area (Å²) >= 11 is 0. The molecule has 2 atom stereocenters. The summed E-state index contributed by atoms with van der Waals surface area (Å²) in [5, 5.41) is 0. The summed E-state index contributed by atoms with van der Waals surface area (Å²) in [7, 11) is 0. The van der Waals surface area contributed by atoms with Crippen molar-refractivity contribution in [2.75, 3.05) is 19.6 Å². The van der Waals surface area contributed by atoms with Crippen LogP contribution in [0.15, 0.2) is 24.3 Å². The summed E-state index contributed by atoms with van der Waals surface area (Å²) < 4.78 is 0. The Hall–Kier alpha value is -0.600. The van der Waals surface area contributed by atoms with Gasteiger partial charge in [0.2, 0.25) is 0 Å². The number of nitrogens with zero attached hydrogens (tertiary/aromatic N) is 1. The quantitative estimate of drug-likeness (QED) is 0.687. The molecule has 0 radical (unpaired) electrons. The smallest absolute Gasteiger partial charge is 0.0180 e. The van der Waals surface area contributed by atoms with Gasteiger partial charge in [-0.3, -0.25) is 0 Å². The van der Waals surface area contributed by atoms with Crippen LogP contribution in [0.3, 0.4) is 0 Å². The Kier molecular flexibility index (Phi) is 2.81. The van der Waals surface area contributed by atoms with Gasteiger partial charge in [-0.1, -0.05) is 24.3 Å². The van der Waals surface area contributed by atoms with Gasteiger partial charge in [0.1, 0.15) is 0 Å². The van der Waals surface area contributed by atoms with Gasteiger partial charge < -0.3 is 10.6 Å². The van der Waals surface area contributed by atoms with E-state index >= 15 is 0 Å². The summed E-state index contributed by atoms with van der Waals surface area (Å²) in [5.74, 6) is 0.718. The second-order valence-electron chi connectivity index (χ2n) is 4.12. The first-order chi connectivity index (χ1) is 6.34. The zero-order valence-electron chi connectivity index (χ0n) is 8.02. The van der Waals surface area contributed by atoms with E-state index in [1.165, 1.54) is 25.9 Å². The number of rotatable bonds is 2. The molecular formula is C11H18N2. The third-order valence-electron chi connectivity index (χ3n) is 2.87. The van der Waals surface area contributed by atoms with Gasteiger partial charge in [0, 0.05) is 19.1 Å². The van der Waals surface area contributed by atoms with Crippen LogP contribution in [0.2, 0.25) is 0 Å². The van der Waals surface area contributed by atoms with Gasteiger partial charge >= 0.3 is 0 Å². The highest BCUT2D eigenvalue weighted by molar-refractivity contribution is 5.11. The molecule has 1 saturated heterocycles. The first-order valence-corrected chi connectivity index (χ1v) is 5.16. The van der Waals surface area contributed by atoms with Crippen LogP contribution in [-0.2, 0) is 0 Å². The van der Waals surface area contributed by atoms with Crippen molar-refractivity contribution in [3.8, 4) is 0 Å². The highest BCUT2D eigenvalue weighted by Crippen LogP contribution is 2.16. The molecule has 2 aliphatic rings. The molecule has 0 amide bonds. The lowest BCUT2D eigenvalue weighted by Gasteiger charge is -2.21. The minimum Gasteiger partial charge on any atom is -0.326 e. The molecule has 2 N–H and O–H groups in total. The van der Waals surface area contributed by atoms with Gasteiger partial charge in [-0.15, -0.1) is 0 Å². The molecule has 0 aromatic carbocycles. The Balaban J connectivity index is 1.78. The van der Waals surface area contributed by atoms with Gasteiger partial charge in [-0.05, 0) is 25.3 Å². The molecule has 72 valence electrons. The first kappa shape index (κ1) is 8.97. The lowest BCUT2D eigenvalue weighted by Crippen LogP contribution is -2.30. The van der Waals surface area contributed by atoms with Crippen LogP contribution in [0, 0.1) is 5.92 Å². The lowest BCUT2D eigenvalue weighted by atomic mass is 10.0. The van der Waals surface area contributed by atoms with Crippen LogP contribution in [-0.4, -0.2) is 30.6 Å². The second-order valence-corrected chi connectivity index (χ2v) is 4.12. The molecule has 13 heavy (non-hydrogen) atoms. The zero-order chi connectivity index (χ0) is 9.10. The normalized spacial score (nSPS) is 34.2. The fourth-order valence-corrected chi connectivity index (χ4v) is 2.13. The van der Waals surface area contributed by atoms with Crippen molar-refractivity contribution in [3.63, 3.8) is 0 Å². The maximum absolute atomic E-state index is 5.86. The Morgan fingerprint density at radius 1 is 1.38 bits per heavy atom. The Morgan fingerprint density at radius 2 is 2.31 bits per heavy atom. The molecular weight excluding hydrogens is 160 g/mol. The van der Waals surface area contributed by atoms with E-state index in [9.17, 15) is 0 Å². The number of hydrogen-bond donors (Lipinski definition) is 1. The van der Waals surface area contributed by atoms with E-state index in [4.69, 9.17) is 5.73 Å². The molecule has 1 aliphatic heterocycles. The van der Waals surface area contributed by atoms with Gasteiger partial charge in [-0.25, -0.2) is 0 Å². The molecule has 1 heterocycles. The summed E-state index contributed by atoms with van der Waals surface area (Å²) in [6, 6.07) is 0.420.